The molecule has 0 bridgehead atoms. The highest BCUT2D eigenvalue weighted by molar-refractivity contribution is 5.77. The summed E-state index contributed by atoms with van der Waals surface area (Å²) in [5, 5.41) is 39.8. The monoisotopic (exact) mass is 532 g/mol. The molecule has 0 aliphatic carbocycles. The lowest BCUT2D eigenvalue weighted by Gasteiger charge is -2.39. The minimum Gasteiger partial charge on any atom is -0.493 e. The molecule has 0 aromatic heterocycles. The van der Waals surface area contributed by atoms with Crippen LogP contribution in [0.1, 0.15) is 23.3 Å². The summed E-state index contributed by atoms with van der Waals surface area (Å²) < 4.78 is 39.3. The van der Waals surface area contributed by atoms with Crippen LogP contribution in [0, 0.1) is 11.8 Å². The first-order valence-electron chi connectivity index (χ1n) is 12.3. The Bertz CT molecular complexity index is 1200. The van der Waals surface area contributed by atoms with Gasteiger partial charge in [0.15, 0.2) is 23.0 Å². The van der Waals surface area contributed by atoms with E-state index in [1.807, 2.05) is 12.1 Å². The first-order chi connectivity index (χ1) is 18.4. The Morgan fingerprint density at radius 3 is 2.47 bits per heavy atom. The Labute approximate surface area is 217 Å². The lowest BCUT2D eigenvalue weighted by molar-refractivity contribution is -0.277. The number of hydrogen-bond donors (Lipinski definition) is 4. The van der Waals surface area contributed by atoms with E-state index in [2.05, 4.69) is 0 Å². The van der Waals surface area contributed by atoms with E-state index in [1.54, 1.807) is 24.3 Å². The predicted molar refractivity (Wildman–Crippen MR) is 124 cm³/mol. The number of cyclic esters (lactones) is 1. The molecular weight excluding hydrogens is 504 g/mol. The number of esters is 1. The molecule has 0 radical (unpaired) electrons. The van der Waals surface area contributed by atoms with Crippen LogP contribution in [0.15, 0.2) is 36.4 Å². The summed E-state index contributed by atoms with van der Waals surface area (Å²) in [7, 11) is 1.43. The molecule has 12 heteroatoms. The molecule has 0 saturated carbocycles. The Morgan fingerprint density at radius 2 is 1.68 bits per heavy atom. The van der Waals surface area contributed by atoms with Crippen molar-refractivity contribution in [2.45, 2.75) is 42.9 Å². The smallest absolute Gasteiger partial charge is 0.313 e. The van der Waals surface area contributed by atoms with E-state index in [0.717, 1.165) is 5.56 Å². The van der Waals surface area contributed by atoms with Crippen molar-refractivity contribution in [2.24, 2.45) is 11.8 Å². The van der Waals surface area contributed by atoms with Gasteiger partial charge in [0.25, 0.3) is 0 Å². The summed E-state index contributed by atoms with van der Waals surface area (Å²) in [5.41, 5.74) is 1.47. The number of carbonyl (C=O) groups excluding carboxylic acids is 1. The van der Waals surface area contributed by atoms with Crippen LogP contribution in [-0.2, 0) is 19.0 Å². The van der Waals surface area contributed by atoms with Crippen LogP contribution in [0.25, 0.3) is 0 Å². The lowest BCUT2D eigenvalue weighted by atomic mass is 9.84. The maximum Gasteiger partial charge on any atom is 0.313 e. The highest BCUT2D eigenvalue weighted by Gasteiger charge is 2.54. The van der Waals surface area contributed by atoms with E-state index in [0.29, 0.717) is 23.7 Å². The van der Waals surface area contributed by atoms with E-state index in [-0.39, 0.29) is 30.2 Å². The van der Waals surface area contributed by atoms with Crippen molar-refractivity contribution >= 4 is 5.97 Å². The number of benzene rings is 2. The zero-order valence-corrected chi connectivity index (χ0v) is 20.3. The first kappa shape index (κ1) is 25.2. The number of fused-ring (bicyclic) bond motifs is 2. The normalized spacial score (nSPS) is 35.6. The van der Waals surface area contributed by atoms with Crippen molar-refractivity contribution in [1.82, 2.24) is 0 Å². The molecule has 4 N–H and O–H groups in total. The molecule has 38 heavy (non-hydrogen) atoms. The van der Waals surface area contributed by atoms with E-state index in [9.17, 15) is 25.2 Å². The predicted octanol–water partition coefficient (Wildman–Crippen LogP) is 0.204. The van der Waals surface area contributed by atoms with Gasteiger partial charge in [0.05, 0.1) is 32.3 Å². The average Bonchev–Trinajstić information content (AvgIpc) is 3.65. The number of aliphatic hydroxyl groups excluding tert-OH is 4. The second-order valence-electron chi connectivity index (χ2n) is 9.64. The summed E-state index contributed by atoms with van der Waals surface area (Å²) >= 11 is 0. The van der Waals surface area contributed by atoms with Crippen molar-refractivity contribution in [3.8, 4) is 23.0 Å². The number of hydrogen-bond acceptors (Lipinski definition) is 12. The van der Waals surface area contributed by atoms with Crippen LogP contribution in [0.4, 0.5) is 0 Å². The maximum absolute atomic E-state index is 13.0. The summed E-state index contributed by atoms with van der Waals surface area (Å²) in [5.74, 6) is 0.607. The van der Waals surface area contributed by atoms with Crippen molar-refractivity contribution in [2.75, 3.05) is 27.1 Å². The molecule has 12 nitrogen and oxygen atoms in total. The van der Waals surface area contributed by atoms with Crippen LogP contribution in [0.2, 0.25) is 0 Å². The molecule has 2 aromatic rings. The molecule has 4 aliphatic rings. The molecule has 6 rings (SSSR count). The Kier molecular flexibility index (Phi) is 6.54. The fourth-order valence-electron chi connectivity index (χ4n) is 5.47. The number of aliphatic hydroxyl groups is 4. The second kappa shape index (κ2) is 9.88. The molecule has 9 unspecified atom stereocenters. The highest BCUT2D eigenvalue weighted by Crippen LogP contribution is 2.52. The van der Waals surface area contributed by atoms with Crippen LogP contribution in [-0.4, -0.2) is 84.2 Å². The Hall–Kier alpha value is -3.13. The molecule has 4 aliphatic heterocycles. The SMILES string of the molecule is COc1cc(C2OCC3C(c4ccc5c(c4)OCO5)OC(=O)C23)ccc1OC1OC(CO)C(O)C(O)C1O. The van der Waals surface area contributed by atoms with E-state index in [4.69, 9.17) is 33.2 Å². The van der Waals surface area contributed by atoms with Gasteiger partial charge in [-0.1, -0.05) is 12.1 Å². The van der Waals surface area contributed by atoms with E-state index >= 15 is 0 Å². The summed E-state index contributed by atoms with van der Waals surface area (Å²) in [6, 6.07) is 10.4. The lowest BCUT2D eigenvalue weighted by Crippen LogP contribution is -2.60. The number of carbonyl (C=O) groups is 1. The standard InChI is InChI=1S/C26H28O12/c1-32-16-6-12(3-5-15(16)36-26-22(30)21(29)20(28)18(8-27)37-26)24-19-13(9-33-24)23(38-25(19)31)11-2-4-14-17(7-11)35-10-34-14/h2-7,13,18-24,26-30H,8-10H2,1H3. The third kappa shape index (κ3) is 4.13. The molecule has 4 heterocycles. The molecule has 3 fully saturated rings. The van der Waals surface area contributed by atoms with Crippen LogP contribution in [0.3, 0.4) is 0 Å². The van der Waals surface area contributed by atoms with E-state index in [1.165, 1.54) is 7.11 Å². The van der Waals surface area contributed by atoms with Crippen LogP contribution < -0.4 is 18.9 Å². The first-order valence-corrected chi connectivity index (χ1v) is 12.3. The molecule has 0 amide bonds. The van der Waals surface area contributed by atoms with Gasteiger partial charge in [-0.25, -0.2) is 0 Å². The van der Waals surface area contributed by atoms with Gasteiger partial charge in [-0.2, -0.15) is 0 Å². The minimum absolute atomic E-state index is 0.151. The summed E-state index contributed by atoms with van der Waals surface area (Å²) in [6.45, 7) is -0.115. The van der Waals surface area contributed by atoms with Crippen molar-refractivity contribution in [1.29, 1.82) is 0 Å². The average molecular weight is 532 g/mol. The Balaban J connectivity index is 1.21. The van der Waals surface area contributed by atoms with Gasteiger partial charge in [-0.05, 0) is 35.4 Å². The zero-order valence-electron chi connectivity index (χ0n) is 20.3. The number of rotatable bonds is 6. The second-order valence-corrected chi connectivity index (χ2v) is 9.64. The Morgan fingerprint density at radius 1 is 0.921 bits per heavy atom. The summed E-state index contributed by atoms with van der Waals surface area (Å²) in [4.78, 5) is 13.0. The largest absolute Gasteiger partial charge is 0.493 e. The summed E-state index contributed by atoms with van der Waals surface area (Å²) in [6.07, 6.45) is -8.20. The van der Waals surface area contributed by atoms with Crippen LogP contribution >= 0.6 is 0 Å². The molecule has 3 saturated heterocycles. The van der Waals surface area contributed by atoms with Gasteiger partial charge < -0.3 is 53.6 Å². The van der Waals surface area contributed by atoms with Gasteiger partial charge in [0.2, 0.25) is 13.1 Å². The molecule has 0 spiro atoms. The maximum atomic E-state index is 13.0. The number of ether oxygens (including phenoxy) is 7. The quantitative estimate of drug-likeness (QED) is 0.375. The van der Waals surface area contributed by atoms with Crippen molar-refractivity contribution < 1.29 is 58.4 Å². The van der Waals surface area contributed by atoms with Gasteiger partial charge in [0.1, 0.15) is 30.5 Å². The van der Waals surface area contributed by atoms with Crippen molar-refractivity contribution in [3.05, 3.63) is 47.5 Å². The fraction of sp³-hybridized carbons (Fsp3) is 0.500. The van der Waals surface area contributed by atoms with Gasteiger partial charge >= 0.3 is 5.97 Å². The highest BCUT2D eigenvalue weighted by atomic mass is 16.7. The number of methoxy groups -OCH3 is 1. The third-order valence-corrected chi connectivity index (χ3v) is 7.49. The van der Waals surface area contributed by atoms with Gasteiger partial charge in [-0.3, -0.25) is 4.79 Å². The molecule has 9 atom stereocenters. The molecule has 2 aromatic carbocycles. The van der Waals surface area contributed by atoms with Gasteiger partial charge in [-0.15, -0.1) is 0 Å². The topological polar surface area (TPSA) is 163 Å². The fourth-order valence-corrected chi connectivity index (χ4v) is 5.47. The zero-order chi connectivity index (χ0) is 26.6. The molecule has 204 valence electrons. The minimum atomic E-state index is -1.58. The van der Waals surface area contributed by atoms with Crippen LogP contribution in [0.5, 0.6) is 23.0 Å². The third-order valence-electron chi connectivity index (χ3n) is 7.49. The van der Waals surface area contributed by atoms with Gasteiger partial charge in [0, 0.05) is 5.92 Å². The van der Waals surface area contributed by atoms with Crippen molar-refractivity contribution in [3.63, 3.8) is 0 Å². The molecular formula is C26H28O12. The van der Waals surface area contributed by atoms with E-state index < -0.39 is 55.4 Å².